The highest BCUT2D eigenvalue weighted by molar-refractivity contribution is 14.1. The smallest absolute Gasteiger partial charge is 0.326 e. The van der Waals surface area contributed by atoms with Gasteiger partial charge in [0.1, 0.15) is 11.8 Å². The fraction of sp³-hybridized carbons (Fsp3) is 0.182. The molecule has 1 unspecified atom stereocenters. The normalized spacial score (nSPS) is 11.6. The number of carbonyl (C=O) groups is 3. The van der Waals surface area contributed by atoms with Crippen LogP contribution in [-0.4, -0.2) is 34.0 Å². The number of amides is 2. The van der Waals surface area contributed by atoms with Crippen LogP contribution in [0, 0.1) is 3.57 Å². The molecule has 0 saturated heterocycles. The van der Waals surface area contributed by atoms with Crippen molar-refractivity contribution in [3.8, 4) is 5.75 Å². The van der Waals surface area contributed by atoms with E-state index in [1.807, 2.05) is 22.6 Å². The molecule has 0 aliphatic carbocycles. The molecule has 0 saturated carbocycles. The van der Waals surface area contributed by atoms with E-state index in [1.165, 1.54) is 12.1 Å². The number of carboxylic acid groups (broad SMARTS) is 1. The van der Waals surface area contributed by atoms with Crippen LogP contribution in [0.25, 0.3) is 0 Å². The SMILES string of the molecule is NC(=O)CC(NC(=O)c1cc(I)ccc1O)C(=O)O. The molecule has 1 aromatic carbocycles. The van der Waals surface area contributed by atoms with E-state index in [9.17, 15) is 19.5 Å². The molecule has 19 heavy (non-hydrogen) atoms. The molecule has 0 radical (unpaired) electrons. The van der Waals surface area contributed by atoms with Gasteiger partial charge in [-0.25, -0.2) is 4.79 Å². The van der Waals surface area contributed by atoms with Crippen molar-refractivity contribution < 1.29 is 24.6 Å². The largest absolute Gasteiger partial charge is 0.507 e. The van der Waals surface area contributed by atoms with E-state index in [2.05, 4.69) is 5.32 Å². The van der Waals surface area contributed by atoms with Gasteiger partial charge in [-0.15, -0.1) is 0 Å². The number of phenolic OH excluding ortho intramolecular Hbond substituents is 1. The molecule has 0 aliphatic rings. The van der Waals surface area contributed by atoms with Crippen LogP contribution in [0.5, 0.6) is 5.75 Å². The zero-order valence-corrected chi connectivity index (χ0v) is 11.7. The zero-order chi connectivity index (χ0) is 14.6. The summed E-state index contributed by atoms with van der Waals surface area (Å²) in [5, 5.41) is 20.5. The molecule has 5 N–H and O–H groups in total. The highest BCUT2D eigenvalue weighted by atomic mass is 127. The van der Waals surface area contributed by atoms with Gasteiger partial charge in [0.25, 0.3) is 5.91 Å². The van der Waals surface area contributed by atoms with Gasteiger partial charge < -0.3 is 21.3 Å². The Morgan fingerprint density at radius 1 is 1.37 bits per heavy atom. The van der Waals surface area contributed by atoms with Crippen LogP contribution in [0.15, 0.2) is 18.2 Å². The number of hydrogen-bond acceptors (Lipinski definition) is 4. The maximum absolute atomic E-state index is 11.8. The fourth-order valence-corrected chi connectivity index (χ4v) is 1.82. The van der Waals surface area contributed by atoms with Crippen molar-refractivity contribution in [2.24, 2.45) is 5.73 Å². The van der Waals surface area contributed by atoms with Crippen LogP contribution >= 0.6 is 22.6 Å². The lowest BCUT2D eigenvalue weighted by molar-refractivity contribution is -0.140. The summed E-state index contributed by atoms with van der Waals surface area (Å²) < 4.78 is 0.697. The number of phenols is 1. The van der Waals surface area contributed by atoms with Crippen molar-refractivity contribution >= 4 is 40.4 Å². The first-order chi connectivity index (χ1) is 8.81. The minimum atomic E-state index is -1.43. The lowest BCUT2D eigenvalue weighted by Crippen LogP contribution is -2.43. The van der Waals surface area contributed by atoms with E-state index in [1.54, 1.807) is 6.07 Å². The van der Waals surface area contributed by atoms with Gasteiger partial charge >= 0.3 is 5.97 Å². The summed E-state index contributed by atoms with van der Waals surface area (Å²) in [7, 11) is 0. The molecule has 0 bridgehead atoms. The van der Waals surface area contributed by atoms with Gasteiger partial charge in [-0.1, -0.05) is 0 Å². The predicted octanol–water partition coefficient (Wildman–Crippen LogP) is 0.0552. The first-order valence-corrected chi connectivity index (χ1v) is 6.19. The number of rotatable bonds is 5. The van der Waals surface area contributed by atoms with Crippen molar-refractivity contribution in [2.45, 2.75) is 12.5 Å². The molecule has 1 rings (SSSR count). The minimum absolute atomic E-state index is 0.0670. The van der Waals surface area contributed by atoms with Gasteiger partial charge in [-0.05, 0) is 40.8 Å². The average Bonchev–Trinajstić information content (AvgIpc) is 2.30. The lowest BCUT2D eigenvalue weighted by atomic mass is 10.1. The molecular weight excluding hydrogens is 367 g/mol. The second-order valence-electron chi connectivity index (χ2n) is 3.70. The molecule has 7 nitrogen and oxygen atoms in total. The first kappa shape index (κ1) is 15.2. The van der Waals surface area contributed by atoms with E-state index in [4.69, 9.17) is 10.8 Å². The number of carboxylic acids is 1. The molecule has 0 spiro atoms. The topological polar surface area (TPSA) is 130 Å². The Morgan fingerprint density at radius 3 is 2.53 bits per heavy atom. The third-order valence-corrected chi connectivity index (χ3v) is 2.88. The van der Waals surface area contributed by atoms with Gasteiger partial charge in [0, 0.05) is 3.57 Å². The van der Waals surface area contributed by atoms with Gasteiger partial charge in [-0.3, -0.25) is 9.59 Å². The molecule has 0 heterocycles. The van der Waals surface area contributed by atoms with Crippen molar-refractivity contribution in [3.05, 3.63) is 27.3 Å². The lowest BCUT2D eigenvalue weighted by Gasteiger charge is -2.13. The maximum atomic E-state index is 11.8. The Morgan fingerprint density at radius 2 is 2.00 bits per heavy atom. The quantitative estimate of drug-likeness (QED) is 0.539. The number of hydrogen-bond donors (Lipinski definition) is 4. The fourth-order valence-electron chi connectivity index (χ4n) is 1.33. The monoisotopic (exact) mass is 378 g/mol. The summed E-state index contributed by atoms with van der Waals surface area (Å²) in [6.07, 6.45) is -0.522. The molecule has 0 aliphatic heterocycles. The molecule has 1 aromatic rings. The van der Waals surface area contributed by atoms with Crippen molar-refractivity contribution in [3.63, 3.8) is 0 Å². The van der Waals surface area contributed by atoms with Crippen molar-refractivity contribution in [1.82, 2.24) is 5.32 Å². The third-order valence-electron chi connectivity index (χ3n) is 2.21. The van der Waals surface area contributed by atoms with E-state index in [-0.39, 0.29) is 11.3 Å². The van der Waals surface area contributed by atoms with Crippen LogP contribution in [0.3, 0.4) is 0 Å². The number of nitrogens with two attached hydrogens (primary N) is 1. The number of aromatic hydroxyl groups is 1. The number of aliphatic carboxylic acids is 1. The highest BCUT2D eigenvalue weighted by Crippen LogP contribution is 2.19. The number of halogens is 1. The summed E-state index contributed by atoms with van der Waals surface area (Å²) >= 11 is 1.94. The minimum Gasteiger partial charge on any atom is -0.507 e. The Hall–Kier alpha value is -1.84. The average molecular weight is 378 g/mol. The van der Waals surface area contributed by atoms with Crippen LogP contribution in [0.1, 0.15) is 16.8 Å². The summed E-state index contributed by atoms with van der Waals surface area (Å²) in [4.78, 5) is 33.4. The maximum Gasteiger partial charge on any atom is 0.326 e. The van der Waals surface area contributed by atoms with Gasteiger partial charge in [0.2, 0.25) is 5.91 Å². The van der Waals surface area contributed by atoms with Gasteiger partial charge in [-0.2, -0.15) is 0 Å². The van der Waals surface area contributed by atoms with E-state index < -0.39 is 30.2 Å². The number of benzene rings is 1. The number of primary amides is 1. The van der Waals surface area contributed by atoms with Crippen LogP contribution in [0.4, 0.5) is 0 Å². The third kappa shape index (κ3) is 4.39. The molecule has 8 heteroatoms. The molecule has 0 fully saturated rings. The van der Waals surface area contributed by atoms with Crippen LogP contribution in [-0.2, 0) is 9.59 Å². The summed E-state index contributed by atoms with van der Waals surface area (Å²) in [5.74, 6) is -3.29. The summed E-state index contributed by atoms with van der Waals surface area (Å²) in [6.45, 7) is 0. The summed E-state index contributed by atoms with van der Waals surface area (Å²) in [6, 6.07) is 2.88. The van der Waals surface area contributed by atoms with E-state index >= 15 is 0 Å². The van der Waals surface area contributed by atoms with E-state index in [0.29, 0.717) is 3.57 Å². The standard InChI is InChI=1S/C11H11IN2O5/c12-5-1-2-8(15)6(3-5)10(17)14-7(11(18)19)4-9(13)16/h1-3,7,15H,4H2,(H2,13,16)(H,14,17)(H,18,19). The number of carbonyl (C=O) groups excluding carboxylic acids is 2. The Bertz CT molecular complexity index is 532. The first-order valence-electron chi connectivity index (χ1n) is 5.11. The highest BCUT2D eigenvalue weighted by Gasteiger charge is 2.23. The molecule has 102 valence electrons. The second kappa shape index (κ2) is 6.36. The van der Waals surface area contributed by atoms with Crippen LogP contribution in [0.2, 0.25) is 0 Å². The van der Waals surface area contributed by atoms with Crippen molar-refractivity contribution in [1.29, 1.82) is 0 Å². The molecule has 2 amide bonds. The van der Waals surface area contributed by atoms with Gasteiger partial charge in [0.15, 0.2) is 0 Å². The molecule has 1 atom stereocenters. The molecular formula is C11H11IN2O5. The number of nitrogens with one attached hydrogen (secondary N) is 1. The van der Waals surface area contributed by atoms with Crippen LogP contribution < -0.4 is 11.1 Å². The zero-order valence-electron chi connectivity index (χ0n) is 9.59. The molecule has 0 aromatic heterocycles. The summed E-state index contributed by atoms with van der Waals surface area (Å²) in [5.41, 5.74) is 4.83. The Labute approximate surface area is 121 Å². The van der Waals surface area contributed by atoms with Gasteiger partial charge in [0.05, 0.1) is 12.0 Å². The van der Waals surface area contributed by atoms with Crippen molar-refractivity contribution in [2.75, 3.05) is 0 Å². The van der Waals surface area contributed by atoms with E-state index in [0.717, 1.165) is 0 Å². The Kier molecular flexibility index (Phi) is 5.10. The predicted molar refractivity (Wildman–Crippen MR) is 73.5 cm³/mol. The Balaban J connectivity index is 2.90. The second-order valence-corrected chi connectivity index (χ2v) is 4.94.